The summed E-state index contributed by atoms with van der Waals surface area (Å²) in [7, 11) is 0. The van der Waals surface area contributed by atoms with Gasteiger partial charge in [0.05, 0.1) is 6.54 Å². The molecule has 0 saturated carbocycles. The number of benzene rings is 2. The van der Waals surface area contributed by atoms with Crippen LogP contribution in [0, 0.1) is 0 Å². The zero-order chi connectivity index (χ0) is 17.9. The van der Waals surface area contributed by atoms with Gasteiger partial charge < -0.3 is 14.2 Å². The number of fused-ring (bicyclic) bond motifs is 1. The number of para-hydroxylation sites is 1. The first kappa shape index (κ1) is 16.3. The summed E-state index contributed by atoms with van der Waals surface area (Å²) in [6, 6.07) is 16.8. The Morgan fingerprint density at radius 2 is 1.73 bits per heavy atom. The van der Waals surface area contributed by atoms with E-state index in [2.05, 4.69) is 21.7 Å². The number of aryl methyl sites for hydroxylation is 1. The lowest BCUT2D eigenvalue weighted by Crippen LogP contribution is -2.38. The van der Waals surface area contributed by atoms with Crippen molar-refractivity contribution in [2.45, 2.75) is 26.4 Å². The molecule has 0 N–H and O–H groups in total. The van der Waals surface area contributed by atoms with Gasteiger partial charge in [0.15, 0.2) is 5.82 Å². The lowest BCUT2D eigenvalue weighted by atomic mass is 10.1. The molecule has 132 valence electrons. The third-order valence-corrected chi connectivity index (χ3v) is 4.51. The molecule has 0 unspecified atom stereocenters. The first-order chi connectivity index (χ1) is 12.7. The summed E-state index contributed by atoms with van der Waals surface area (Å²) in [5, 5.41) is 8.41. The van der Waals surface area contributed by atoms with Crippen molar-refractivity contribution in [1.82, 2.24) is 19.7 Å². The van der Waals surface area contributed by atoms with Crippen LogP contribution in [0.3, 0.4) is 0 Å². The van der Waals surface area contributed by atoms with Gasteiger partial charge >= 0.3 is 0 Å². The molecule has 0 saturated heterocycles. The minimum atomic E-state index is 0.00330. The standard InChI is InChI=1S/C20H20N4O2/c1-2-18-21-22-19-14-23(12-13-24(18)19)20(25)15-8-10-17(11-9-15)26-16-6-4-3-5-7-16/h3-11H,2,12-14H2,1H3. The van der Waals surface area contributed by atoms with Crippen LogP contribution in [0.5, 0.6) is 11.5 Å². The Labute approximate surface area is 152 Å². The molecule has 1 aromatic heterocycles. The molecule has 2 heterocycles. The molecule has 0 radical (unpaired) electrons. The van der Waals surface area contributed by atoms with Gasteiger partial charge in [-0.1, -0.05) is 25.1 Å². The summed E-state index contributed by atoms with van der Waals surface area (Å²) in [5.74, 6) is 3.32. The highest BCUT2D eigenvalue weighted by atomic mass is 16.5. The van der Waals surface area contributed by atoms with Crippen molar-refractivity contribution in [3.63, 3.8) is 0 Å². The Kier molecular flexibility index (Phi) is 4.39. The first-order valence-corrected chi connectivity index (χ1v) is 8.78. The van der Waals surface area contributed by atoms with Gasteiger partial charge in [-0.3, -0.25) is 4.79 Å². The molecule has 1 aliphatic rings. The third-order valence-electron chi connectivity index (χ3n) is 4.51. The first-order valence-electron chi connectivity index (χ1n) is 8.78. The maximum absolute atomic E-state index is 12.8. The predicted molar refractivity (Wildman–Crippen MR) is 97.1 cm³/mol. The zero-order valence-corrected chi connectivity index (χ0v) is 14.6. The number of aromatic nitrogens is 3. The van der Waals surface area contributed by atoms with Crippen LogP contribution in [0.15, 0.2) is 54.6 Å². The van der Waals surface area contributed by atoms with Crippen LogP contribution in [0.1, 0.15) is 28.9 Å². The molecule has 1 amide bonds. The smallest absolute Gasteiger partial charge is 0.254 e. The topological polar surface area (TPSA) is 60.2 Å². The monoisotopic (exact) mass is 348 g/mol. The molecule has 1 aliphatic heterocycles. The highest BCUT2D eigenvalue weighted by Crippen LogP contribution is 2.22. The molecular weight excluding hydrogens is 328 g/mol. The summed E-state index contributed by atoms with van der Waals surface area (Å²) in [4.78, 5) is 14.6. The van der Waals surface area contributed by atoms with Crippen LogP contribution in [0.2, 0.25) is 0 Å². The maximum Gasteiger partial charge on any atom is 0.254 e. The SMILES string of the molecule is CCc1nnc2n1CCN(C(=O)c1ccc(Oc3ccccc3)cc1)C2. The van der Waals surface area contributed by atoms with E-state index in [9.17, 15) is 4.79 Å². The Hall–Kier alpha value is -3.15. The minimum absolute atomic E-state index is 0.00330. The van der Waals surface area contributed by atoms with E-state index in [1.807, 2.05) is 47.4 Å². The fourth-order valence-electron chi connectivity index (χ4n) is 3.13. The van der Waals surface area contributed by atoms with Gasteiger partial charge in [0.2, 0.25) is 0 Å². The zero-order valence-electron chi connectivity index (χ0n) is 14.6. The number of carbonyl (C=O) groups is 1. The summed E-state index contributed by atoms with van der Waals surface area (Å²) in [6.07, 6.45) is 0.851. The highest BCUT2D eigenvalue weighted by molar-refractivity contribution is 5.94. The Morgan fingerprint density at radius 3 is 2.46 bits per heavy atom. The van der Waals surface area contributed by atoms with Crippen molar-refractivity contribution in [1.29, 1.82) is 0 Å². The summed E-state index contributed by atoms with van der Waals surface area (Å²) in [5.41, 5.74) is 0.647. The van der Waals surface area contributed by atoms with Crippen LogP contribution >= 0.6 is 0 Å². The summed E-state index contributed by atoms with van der Waals surface area (Å²) >= 11 is 0. The van der Waals surface area contributed by atoms with E-state index < -0.39 is 0 Å². The molecule has 0 aliphatic carbocycles. The van der Waals surface area contributed by atoms with Crippen molar-refractivity contribution in [3.8, 4) is 11.5 Å². The molecule has 0 spiro atoms. The van der Waals surface area contributed by atoms with E-state index in [4.69, 9.17) is 4.74 Å². The maximum atomic E-state index is 12.8. The van der Waals surface area contributed by atoms with E-state index in [0.29, 0.717) is 24.4 Å². The van der Waals surface area contributed by atoms with E-state index in [0.717, 1.165) is 30.4 Å². The van der Waals surface area contributed by atoms with E-state index in [1.165, 1.54) is 0 Å². The number of rotatable bonds is 4. The molecule has 2 aromatic carbocycles. The van der Waals surface area contributed by atoms with Crippen LogP contribution < -0.4 is 4.74 Å². The average molecular weight is 348 g/mol. The Bertz CT molecular complexity index is 903. The normalized spacial score (nSPS) is 13.3. The van der Waals surface area contributed by atoms with E-state index in [1.54, 1.807) is 12.1 Å². The molecule has 0 atom stereocenters. The van der Waals surface area contributed by atoms with Crippen LogP contribution in [0.25, 0.3) is 0 Å². The number of hydrogen-bond donors (Lipinski definition) is 0. The lowest BCUT2D eigenvalue weighted by Gasteiger charge is -2.28. The van der Waals surface area contributed by atoms with Crippen LogP contribution in [0.4, 0.5) is 0 Å². The molecular formula is C20H20N4O2. The number of ether oxygens (including phenoxy) is 1. The number of nitrogens with zero attached hydrogens (tertiary/aromatic N) is 4. The van der Waals surface area contributed by atoms with Crippen molar-refractivity contribution in [3.05, 3.63) is 71.8 Å². The third kappa shape index (κ3) is 3.18. The average Bonchev–Trinajstić information content (AvgIpc) is 3.11. The molecule has 26 heavy (non-hydrogen) atoms. The van der Waals surface area contributed by atoms with Gasteiger partial charge in [-0.15, -0.1) is 10.2 Å². The summed E-state index contributed by atoms with van der Waals surface area (Å²) in [6.45, 7) is 3.97. The fraction of sp³-hybridized carbons (Fsp3) is 0.250. The number of amides is 1. The second kappa shape index (κ2) is 7.00. The van der Waals surface area contributed by atoms with Gasteiger partial charge in [0.1, 0.15) is 17.3 Å². The summed E-state index contributed by atoms with van der Waals surface area (Å²) < 4.78 is 7.89. The minimum Gasteiger partial charge on any atom is -0.457 e. The molecule has 6 heteroatoms. The van der Waals surface area contributed by atoms with E-state index in [-0.39, 0.29) is 5.91 Å². The van der Waals surface area contributed by atoms with Crippen LogP contribution in [-0.4, -0.2) is 32.1 Å². The van der Waals surface area contributed by atoms with Crippen molar-refractivity contribution in [2.24, 2.45) is 0 Å². The second-order valence-electron chi connectivity index (χ2n) is 6.20. The molecule has 6 nitrogen and oxygen atoms in total. The second-order valence-corrected chi connectivity index (χ2v) is 6.20. The van der Waals surface area contributed by atoms with E-state index >= 15 is 0 Å². The molecule has 0 bridgehead atoms. The van der Waals surface area contributed by atoms with Crippen molar-refractivity contribution < 1.29 is 9.53 Å². The molecule has 4 rings (SSSR count). The van der Waals surface area contributed by atoms with Gasteiger partial charge in [-0.2, -0.15) is 0 Å². The van der Waals surface area contributed by atoms with Crippen LogP contribution in [-0.2, 0) is 19.5 Å². The highest BCUT2D eigenvalue weighted by Gasteiger charge is 2.24. The number of hydrogen-bond acceptors (Lipinski definition) is 4. The largest absolute Gasteiger partial charge is 0.457 e. The van der Waals surface area contributed by atoms with Gasteiger partial charge in [-0.05, 0) is 36.4 Å². The predicted octanol–water partition coefficient (Wildman–Crippen LogP) is 3.29. The lowest BCUT2D eigenvalue weighted by molar-refractivity contribution is 0.0706. The fourth-order valence-corrected chi connectivity index (χ4v) is 3.13. The van der Waals surface area contributed by atoms with Gasteiger partial charge in [-0.25, -0.2) is 0 Å². The Balaban J connectivity index is 1.45. The van der Waals surface area contributed by atoms with Gasteiger partial charge in [0, 0.05) is 25.1 Å². The Morgan fingerprint density at radius 1 is 1.00 bits per heavy atom. The number of carbonyl (C=O) groups excluding carboxylic acids is 1. The quantitative estimate of drug-likeness (QED) is 0.726. The van der Waals surface area contributed by atoms with Crippen molar-refractivity contribution in [2.75, 3.05) is 6.54 Å². The molecule has 3 aromatic rings. The van der Waals surface area contributed by atoms with Crippen molar-refractivity contribution >= 4 is 5.91 Å². The molecule has 0 fully saturated rings. The van der Waals surface area contributed by atoms with Gasteiger partial charge in [0.25, 0.3) is 5.91 Å².